The molecule has 0 unspecified atom stereocenters. The van der Waals surface area contributed by atoms with E-state index in [0.29, 0.717) is 5.92 Å². The van der Waals surface area contributed by atoms with E-state index < -0.39 is 0 Å². The number of ether oxygens (including phenoxy) is 1. The first kappa shape index (κ1) is 20.2. The molecule has 3 rings (SSSR count). The molecule has 0 aliphatic heterocycles. The largest absolute Gasteiger partial charge is 0.459 e. The summed E-state index contributed by atoms with van der Waals surface area (Å²) in [4.78, 5) is 12.8. The summed E-state index contributed by atoms with van der Waals surface area (Å²) in [6.45, 7) is 6.65. The van der Waals surface area contributed by atoms with E-state index in [0.717, 1.165) is 30.6 Å². The zero-order valence-corrected chi connectivity index (χ0v) is 17.6. The van der Waals surface area contributed by atoms with Gasteiger partial charge in [-0.15, -0.1) is 0 Å². The van der Waals surface area contributed by atoms with E-state index in [4.69, 9.17) is 4.74 Å². The lowest BCUT2D eigenvalue weighted by Gasteiger charge is -2.39. The second-order valence-electron chi connectivity index (χ2n) is 10.2. The van der Waals surface area contributed by atoms with Crippen LogP contribution in [0, 0.1) is 29.6 Å². The summed E-state index contributed by atoms with van der Waals surface area (Å²) in [5, 5.41) is 0. The monoisotopic (exact) mass is 362 g/mol. The van der Waals surface area contributed by atoms with Crippen molar-refractivity contribution in [2.45, 2.75) is 116 Å². The quantitative estimate of drug-likeness (QED) is 0.497. The Morgan fingerprint density at radius 1 is 0.808 bits per heavy atom. The van der Waals surface area contributed by atoms with Crippen molar-refractivity contribution in [1.29, 1.82) is 0 Å². The van der Waals surface area contributed by atoms with Gasteiger partial charge in [0.05, 0.1) is 5.92 Å². The molecule has 0 radical (unpaired) electrons. The molecule has 0 amide bonds. The number of carbonyl (C=O) groups is 1. The number of rotatable bonds is 5. The Morgan fingerprint density at radius 2 is 1.35 bits per heavy atom. The molecule has 150 valence electrons. The highest BCUT2D eigenvalue weighted by atomic mass is 16.6. The zero-order chi connectivity index (χ0) is 18.6. The van der Waals surface area contributed by atoms with Crippen LogP contribution >= 0.6 is 0 Å². The highest BCUT2D eigenvalue weighted by molar-refractivity contribution is 5.73. The molecule has 0 bridgehead atoms. The molecule has 0 saturated heterocycles. The lowest BCUT2D eigenvalue weighted by molar-refractivity contribution is -0.169. The third kappa shape index (κ3) is 5.04. The first-order valence-electron chi connectivity index (χ1n) is 11.7. The van der Waals surface area contributed by atoms with E-state index in [-0.39, 0.29) is 17.5 Å². The van der Waals surface area contributed by atoms with E-state index in [1.165, 1.54) is 77.0 Å². The highest BCUT2D eigenvalue weighted by Crippen LogP contribution is 2.43. The Morgan fingerprint density at radius 3 is 1.88 bits per heavy atom. The number of carbonyl (C=O) groups excluding carboxylic acids is 1. The fourth-order valence-corrected chi connectivity index (χ4v) is 6.12. The second kappa shape index (κ2) is 9.11. The zero-order valence-electron chi connectivity index (χ0n) is 17.6. The second-order valence-corrected chi connectivity index (χ2v) is 10.2. The van der Waals surface area contributed by atoms with E-state index in [9.17, 15) is 4.79 Å². The van der Waals surface area contributed by atoms with Crippen molar-refractivity contribution in [1.82, 2.24) is 0 Å². The van der Waals surface area contributed by atoms with E-state index >= 15 is 0 Å². The average Bonchev–Trinajstić information content (AvgIpc) is 2.68. The van der Waals surface area contributed by atoms with Gasteiger partial charge in [0, 0.05) is 0 Å². The van der Waals surface area contributed by atoms with Crippen LogP contribution in [0.1, 0.15) is 111 Å². The topological polar surface area (TPSA) is 26.3 Å². The van der Waals surface area contributed by atoms with Gasteiger partial charge in [0.2, 0.25) is 0 Å². The van der Waals surface area contributed by atoms with Gasteiger partial charge in [-0.3, -0.25) is 4.79 Å². The van der Waals surface area contributed by atoms with Crippen molar-refractivity contribution in [2.24, 2.45) is 29.6 Å². The predicted molar refractivity (Wildman–Crippen MR) is 108 cm³/mol. The van der Waals surface area contributed by atoms with Gasteiger partial charge in [0.1, 0.15) is 5.60 Å². The van der Waals surface area contributed by atoms with Gasteiger partial charge in [-0.05, 0) is 88.9 Å². The third-order valence-electron chi connectivity index (χ3n) is 8.19. The summed E-state index contributed by atoms with van der Waals surface area (Å²) < 4.78 is 6.09. The molecule has 26 heavy (non-hydrogen) atoms. The standard InChI is InChI=1S/C24H42O2/c1-4-18-10-12-19(13-11-18)20-14-16-21(17-15-20)23(25)26-24(2,3)22-8-6-5-7-9-22/h18-22H,4-17H2,1-3H3. The lowest BCUT2D eigenvalue weighted by atomic mass is 9.69. The van der Waals surface area contributed by atoms with Crippen LogP contribution in [0.3, 0.4) is 0 Å². The molecule has 2 heteroatoms. The SMILES string of the molecule is CCC1CCC(C2CCC(C(=O)OC(C)(C)C3CCCCC3)CC2)CC1. The van der Waals surface area contributed by atoms with Crippen LogP contribution in [0.15, 0.2) is 0 Å². The van der Waals surface area contributed by atoms with Crippen molar-refractivity contribution in [3.63, 3.8) is 0 Å². The molecule has 0 aromatic carbocycles. The Bertz CT molecular complexity index is 433. The maximum atomic E-state index is 12.8. The molecule has 2 nitrogen and oxygen atoms in total. The van der Waals surface area contributed by atoms with Gasteiger partial charge in [0.15, 0.2) is 0 Å². The molecule has 3 saturated carbocycles. The minimum atomic E-state index is -0.271. The summed E-state index contributed by atoms with van der Waals surface area (Å²) in [6, 6.07) is 0. The molecule has 3 aliphatic rings. The molecule has 0 spiro atoms. The Balaban J connectivity index is 1.43. The Kier molecular flexibility index (Phi) is 7.08. The van der Waals surface area contributed by atoms with Crippen LogP contribution < -0.4 is 0 Å². The summed E-state index contributed by atoms with van der Waals surface area (Å²) in [7, 11) is 0. The lowest BCUT2D eigenvalue weighted by Crippen LogP contribution is -2.40. The summed E-state index contributed by atoms with van der Waals surface area (Å²) in [5.74, 6) is 3.64. The van der Waals surface area contributed by atoms with E-state index in [2.05, 4.69) is 20.8 Å². The van der Waals surface area contributed by atoms with Crippen LogP contribution in [0.25, 0.3) is 0 Å². The molecule has 0 atom stereocenters. The van der Waals surface area contributed by atoms with Crippen LogP contribution in [0.4, 0.5) is 0 Å². The minimum absolute atomic E-state index is 0.105. The van der Waals surface area contributed by atoms with Gasteiger partial charge in [-0.25, -0.2) is 0 Å². The average molecular weight is 363 g/mol. The van der Waals surface area contributed by atoms with Crippen LogP contribution in [0.5, 0.6) is 0 Å². The number of hydrogen-bond donors (Lipinski definition) is 0. The molecule has 3 fully saturated rings. The maximum absolute atomic E-state index is 12.8. The van der Waals surface area contributed by atoms with E-state index in [1.807, 2.05) is 0 Å². The molecule has 3 aliphatic carbocycles. The van der Waals surface area contributed by atoms with Crippen molar-refractivity contribution < 1.29 is 9.53 Å². The van der Waals surface area contributed by atoms with Gasteiger partial charge < -0.3 is 4.74 Å². The van der Waals surface area contributed by atoms with E-state index in [1.54, 1.807) is 0 Å². The van der Waals surface area contributed by atoms with Crippen LogP contribution in [-0.4, -0.2) is 11.6 Å². The summed E-state index contributed by atoms with van der Waals surface area (Å²) in [6.07, 6.45) is 18.2. The molecular formula is C24H42O2. The van der Waals surface area contributed by atoms with Crippen LogP contribution in [0.2, 0.25) is 0 Å². The molecule has 0 aromatic heterocycles. The van der Waals surface area contributed by atoms with Crippen molar-refractivity contribution >= 4 is 5.97 Å². The first-order valence-corrected chi connectivity index (χ1v) is 11.7. The van der Waals surface area contributed by atoms with Crippen molar-refractivity contribution in [3.8, 4) is 0 Å². The van der Waals surface area contributed by atoms with Gasteiger partial charge in [-0.2, -0.15) is 0 Å². The van der Waals surface area contributed by atoms with Gasteiger partial charge in [-0.1, -0.05) is 45.4 Å². The number of esters is 1. The molecule has 0 heterocycles. The van der Waals surface area contributed by atoms with Gasteiger partial charge >= 0.3 is 5.97 Å². The first-order chi connectivity index (χ1) is 12.5. The molecular weight excluding hydrogens is 320 g/mol. The smallest absolute Gasteiger partial charge is 0.309 e. The fourth-order valence-electron chi connectivity index (χ4n) is 6.12. The maximum Gasteiger partial charge on any atom is 0.309 e. The molecule has 0 N–H and O–H groups in total. The Hall–Kier alpha value is -0.530. The normalized spacial score (nSPS) is 34.4. The van der Waals surface area contributed by atoms with Gasteiger partial charge in [0.25, 0.3) is 0 Å². The predicted octanol–water partition coefficient (Wildman–Crippen LogP) is 6.91. The highest BCUT2D eigenvalue weighted by Gasteiger charge is 2.38. The molecule has 0 aromatic rings. The summed E-state index contributed by atoms with van der Waals surface area (Å²) >= 11 is 0. The Labute approximate surface area is 161 Å². The summed E-state index contributed by atoms with van der Waals surface area (Å²) in [5.41, 5.74) is -0.271. The van der Waals surface area contributed by atoms with Crippen molar-refractivity contribution in [2.75, 3.05) is 0 Å². The fraction of sp³-hybridized carbons (Fsp3) is 0.958. The van der Waals surface area contributed by atoms with Crippen LogP contribution in [-0.2, 0) is 9.53 Å². The minimum Gasteiger partial charge on any atom is -0.459 e. The third-order valence-corrected chi connectivity index (χ3v) is 8.19. The van der Waals surface area contributed by atoms with Crippen molar-refractivity contribution in [3.05, 3.63) is 0 Å². The number of hydrogen-bond acceptors (Lipinski definition) is 2.